The van der Waals surface area contributed by atoms with Crippen LogP contribution >= 0.6 is 24.0 Å². The number of carbonyl (C=O) groups excluding carboxylic acids is 1. The first-order valence-electron chi connectivity index (χ1n) is 10.0. The van der Waals surface area contributed by atoms with Gasteiger partial charge in [0.15, 0.2) is 5.96 Å². The summed E-state index contributed by atoms with van der Waals surface area (Å²) in [7, 11) is 1.73. The summed E-state index contributed by atoms with van der Waals surface area (Å²) in [6.07, 6.45) is 6.42. The van der Waals surface area contributed by atoms with Crippen LogP contribution in [0.15, 0.2) is 29.3 Å². The Kier molecular flexibility index (Phi) is 11.9. The Bertz CT molecular complexity index is 618. The van der Waals surface area contributed by atoms with Crippen molar-refractivity contribution in [1.29, 1.82) is 0 Å². The molecule has 1 fully saturated rings. The number of rotatable bonds is 8. The van der Waals surface area contributed by atoms with Crippen molar-refractivity contribution in [2.45, 2.75) is 64.5 Å². The molecule has 0 saturated heterocycles. The highest BCUT2D eigenvalue weighted by Gasteiger charge is 2.15. The van der Waals surface area contributed by atoms with Crippen molar-refractivity contribution < 1.29 is 9.53 Å². The van der Waals surface area contributed by atoms with Crippen molar-refractivity contribution in [3.8, 4) is 5.75 Å². The minimum absolute atomic E-state index is 0. The quantitative estimate of drug-likeness (QED) is 0.290. The number of halogens is 1. The molecule has 1 aliphatic carbocycles. The van der Waals surface area contributed by atoms with Gasteiger partial charge in [-0.15, -0.1) is 24.0 Å². The van der Waals surface area contributed by atoms with E-state index in [1.54, 1.807) is 7.05 Å². The molecular formula is C21H35IN4O2. The molecule has 0 radical (unpaired) electrons. The Labute approximate surface area is 186 Å². The third-order valence-electron chi connectivity index (χ3n) is 4.72. The molecule has 0 aromatic heterocycles. The Morgan fingerprint density at radius 2 is 2.00 bits per heavy atom. The first-order chi connectivity index (χ1) is 13.1. The lowest BCUT2D eigenvalue weighted by molar-refractivity contribution is -0.121. The van der Waals surface area contributed by atoms with Crippen molar-refractivity contribution in [1.82, 2.24) is 16.0 Å². The second-order valence-electron chi connectivity index (χ2n) is 7.28. The monoisotopic (exact) mass is 502 g/mol. The summed E-state index contributed by atoms with van der Waals surface area (Å²) in [6, 6.07) is 8.38. The van der Waals surface area contributed by atoms with E-state index in [-0.39, 0.29) is 36.0 Å². The number of aryl methyl sites for hydroxylation is 1. The normalized spacial score (nSPS) is 15.9. The van der Waals surface area contributed by atoms with Crippen LogP contribution in [0.4, 0.5) is 0 Å². The van der Waals surface area contributed by atoms with Gasteiger partial charge in [0.25, 0.3) is 0 Å². The number of ether oxygens (including phenoxy) is 1. The fourth-order valence-electron chi connectivity index (χ4n) is 3.26. The second kappa shape index (κ2) is 13.6. The van der Waals surface area contributed by atoms with Gasteiger partial charge < -0.3 is 20.7 Å². The molecule has 6 nitrogen and oxygen atoms in total. The number of amides is 1. The molecule has 28 heavy (non-hydrogen) atoms. The van der Waals surface area contributed by atoms with Crippen LogP contribution in [0.1, 0.15) is 51.0 Å². The van der Waals surface area contributed by atoms with Gasteiger partial charge in [-0.2, -0.15) is 0 Å². The number of nitrogens with one attached hydrogen (secondary N) is 3. The highest BCUT2D eigenvalue weighted by molar-refractivity contribution is 14.0. The zero-order valence-electron chi connectivity index (χ0n) is 17.3. The molecule has 1 aromatic rings. The Hall–Kier alpha value is -1.51. The van der Waals surface area contributed by atoms with E-state index < -0.39 is 0 Å². The van der Waals surface area contributed by atoms with Crippen molar-refractivity contribution in [3.05, 3.63) is 29.8 Å². The van der Waals surface area contributed by atoms with E-state index in [4.69, 9.17) is 4.74 Å². The van der Waals surface area contributed by atoms with Crippen molar-refractivity contribution >= 4 is 35.8 Å². The lowest BCUT2D eigenvalue weighted by Gasteiger charge is -2.23. The van der Waals surface area contributed by atoms with Gasteiger partial charge in [0, 0.05) is 26.1 Å². The van der Waals surface area contributed by atoms with Gasteiger partial charge in [0.05, 0.1) is 6.54 Å². The lowest BCUT2D eigenvalue weighted by atomic mass is 9.95. The number of guanidine groups is 1. The zero-order chi connectivity index (χ0) is 19.5. The van der Waals surface area contributed by atoms with Gasteiger partial charge in [-0.3, -0.25) is 9.79 Å². The van der Waals surface area contributed by atoms with Crippen LogP contribution in [0.5, 0.6) is 5.75 Å². The zero-order valence-corrected chi connectivity index (χ0v) is 19.6. The Morgan fingerprint density at radius 3 is 2.68 bits per heavy atom. The maximum Gasteiger partial charge on any atom is 0.221 e. The summed E-state index contributed by atoms with van der Waals surface area (Å²) in [5.41, 5.74) is 1.18. The summed E-state index contributed by atoms with van der Waals surface area (Å²) in [4.78, 5) is 16.2. The van der Waals surface area contributed by atoms with E-state index in [0.29, 0.717) is 31.5 Å². The summed E-state index contributed by atoms with van der Waals surface area (Å²) in [5, 5.41) is 9.56. The van der Waals surface area contributed by atoms with E-state index >= 15 is 0 Å². The second-order valence-corrected chi connectivity index (χ2v) is 7.28. The van der Waals surface area contributed by atoms with Gasteiger partial charge in [-0.25, -0.2) is 0 Å². The molecule has 0 spiro atoms. The number of hydrogen-bond acceptors (Lipinski definition) is 3. The van der Waals surface area contributed by atoms with Crippen LogP contribution in [0.3, 0.4) is 0 Å². The average molecular weight is 502 g/mol. The van der Waals surface area contributed by atoms with Gasteiger partial charge in [-0.1, -0.05) is 31.4 Å². The van der Waals surface area contributed by atoms with Crippen molar-refractivity contribution in [3.63, 3.8) is 0 Å². The predicted molar refractivity (Wildman–Crippen MR) is 126 cm³/mol. The van der Waals surface area contributed by atoms with Crippen LogP contribution in [0, 0.1) is 6.92 Å². The third-order valence-corrected chi connectivity index (χ3v) is 4.72. The molecule has 1 unspecified atom stereocenters. The Morgan fingerprint density at radius 1 is 1.25 bits per heavy atom. The summed E-state index contributed by atoms with van der Waals surface area (Å²) in [5.74, 6) is 1.66. The molecule has 3 N–H and O–H groups in total. The lowest BCUT2D eigenvalue weighted by Crippen LogP contribution is -2.43. The van der Waals surface area contributed by atoms with E-state index in [0.717, 1.165) is 18.6 Å². The minimum atomic E-state index is -0.0000462. The number of hydrogen-bond donors (Lipinski definition) is 3. The van der Waals surface area contributed by atoms with Crippen LogP contribution in [-0.2, 0) is 4.79 Å². The molecule has 0 aliphatic heterocycles. The standard InChI is InChI=1S/C21H34N4O2.HI/c1-16-8-7-11-19(14-16)27-17(2)15-24-21(22-3)23-13-12-20(26)25-18-9-5-4-6-10-18;/h7-8,11,14,17-18H,4-6,9-10,12-13,15H2,1-3H3,(H,25,26)(H2,22,23,24);1H. The molecular weight excluding hydrogens is 467 g/mol. The molecule has 158 valence electrons. The molecule has 1 saturated carbocycles. The summed E-state index contributed by atoms with van der Waals surface area (Å²) < 4.78 is 5.91. The number of nitrogens with zero attached hydrogens (tertiary/aromatic N) is 1. The fourth-order valence-corrected chi connectivity index (χ4v) is 3.26. The van der Waals surface area contributed by atoms with E-state index in [1.807, 2.05) is 38.1 Å². The topological polar surface area (TPSA) is 74.8 Å². The molecule has 0 heterocycles. The maximum absolute atomic E-state index is 12.0. The van der Waals surface area contributed by atoms with Crippen LogP contribution in [0.2, 0.25) is 0 Å². The number of benzene rings is 1. The van der Waals surface area contributed by atoms with E-state index in [2.05, 4.69) is 20.9 Å². The highest BCUT2D eigenvalue weighted by atomic mass is 127. The molecule has 1 atom stereocenters. The van der Waals surface area contributed by atoms with Gasteiger partial charge in [0.2, 0.25) is 5.91 Å². The fraction of sp³-hybridized carbons (Fsp3) is 0.619. The highest BCUT2D eigenvalue weighted by Crippen LogP contribution is 2.17. The van der Waals surface area contributed by atoms with Gasteiger partial charge in [0.1, 0.15) is 11.9 Å². The van der Waals surface area contributed by atoms with Gasteiger partial charge >= 0.3 is 0 Å². The maximum atomic E-state index is 12.0. The largest absolute Gasteiger partial charge is 0.489 e. The van der Waals surface area contributed by atoms with E-state index in [1.165, 1.54) is 24.8 Å². The molecule has 1 aliphatic rings. The minimum Gasteiger partial charge on any atom is -0.489 e. The first-order valence-corrected chi connectivity index (χ1v) is 10.0. The van der Waals surface area contributed by atoms with Crippen LogP contribution in [-0.4, -0.2) is 44.1 Å². The van der Waals surface area contributed by atoms with Crippen molar-refractivity contribution in [2.24, 2.45) is 4.99 Å². The number of aliphatic imine (C=N–C) groups is 1. The smallest absolute Gasteiger partial charge is 0.221 e. The van der Waals surface area contributed by atoms with Crippen LogP contribution in [0.25, 0.3) is 0 Å². The number of carbonyl (C=O) groups is 1. The first kappa shape index (κ1) is 24.5. The predicted octanol–water partition coefficient (Wildman–Crippen LogP) is 3.38. The van der Waals surface area contributed by atoms with E-state index in [9.17, 15) is 4.79 Å². The molecule has 0 bridgehead atoms. The SMILES string of the molecule is CN=C(NCCC(=O)NC1CCCCC1)NCC(C)Oc1cccc(C)c1.I. The molecule has 7 heteroatoms. The molecule has 1 aromatic carbocycles. The molecule has 2 rings (SSSR count). The van der Waals surface area contributed by atoms with Gasteiger partial charge in [-0.05, 0) is 44.4 Å². The molecule has 1 amide bonds. The Balaban J connectivity index is 0.00000392. The average Bonchev–Trinajstić information content (AvgIpc) is 2.65. The van der Waals surface area contributed by atoms with Crippen LogP contribution < -0.4 is 20.7 Å². The summed E-state index contributed by atoms with van der Waals surface area (Å²) in [6.45, 7) is 5.25. The van der Waals surface area contributed by atoms with Crippen molar-refractivity contribution in [2.75, 3.05) is 20.1 Å². The third kappa shape index (κ3) is 9.61. The summed E-state index contributed by atoms with van der Waals surface area (Å²) >= 11 is 0.